The monoisotopic (exact) mass is 472 g/mol. The SMILES string of the molecule is CC(C)(C)OC(=O)N1CC=C(c2cccc(-c3cc(C(F)(F)F)cc(C(F)(F)F)c3)n2)CC1. The molecule has 1 aliphatic rings. The van der Waals surface area contributed by atoms with E-state index in [-0.39, 0.29) is 23.9 Å². The van der Waals surface area contributed by atoms with Crippen molar-refractivity contribution in [2.24, 2.45) is 0 Å². The topological polar surface area (TPSA) is 42.4 Å². The summed E-state index contributed by atoms with van der Waals surface area (Å²) in [5.41, 5.74) is -2.59. The lowest BCUT2D eigenvalue weighted by molar-refractivity contribution is -0.143. The molecule has 0 N–H and O–H groups in total. The highest BCUT2D eigenvalue weighted by Crippen LogP contribution is 2.38. The zero-order chi connectivity index (χ0) is 24.6. The number of nitrogens with zero attached hydrogens (tertiary/aromatic N) is 2. The molecule has 0 fully saturated rings. The maximum atomic E-state index is 13.2. The Labute approximate surface area is 186 Å². The molecule has 0 unspecified atom stereocenters. The molecule has 1 aromatic carbocycles. The van der Waals surface area contributed by atoms with Crippen LogP contribution >= 0.6 is 0 Å². The lowest BCUT2D eigenvalue weighted by atomic mass is 10.0. The van der Waals surface area contributed by atoms with Gasteiger partial charge in [-0.2, -0.15) is 26.3 Å². The minimum atomic E-state index is -4.94. The zero-order valence-corrected chi connectivity index (χ0v) is 18.1. The first-order valence-corrected chi connectivity index (χ1v) is 10.1. The second kappa shape index (κ2) is 8.72. The summed E-state index contributed by atoms with van der Waals surface area (Å²) in [4.78, 5) is 18.0. The van der Waals surface area contributed by atoms with Crippen LogP contribution in [0, 0.1) is 0 Å². The van der Waals surface area contributed by atoms with Gasteiger partial charge in [0, 0.05) is 18.7 Å². The fourth-order valence-corrected chi connectivity index (χ4v) is 3.27. The quantitative estimate of drug-likeness (QED) is 0.451. The van der Waals surface area contributed by atoms with Gasteiger partial charge in [-0.25, -0.2) is 9.78 Å². The molecule has 1 aliphatic heterocycles. The summed E-state index contributed by atoms with van der Waals surface area (Å²) in [6, 6.07) is 5.89. The number of pyridine rings is 1. The standard InChI is InChI=1S/C23H22F6N2O2/c1-21(2,3)33-20(32)31-9-7-14(8-10-31)18-5-4-6-19(30-18)15-11-16(22(24,25)26)13-17(12-15)23(27,28)29/h4-7,11-13H,8-10H2,1-3H3. The molecule has 1 amide bonds. The summed E-state index contributed by atoms with van der Waals surface area (Å²) in [5.74, 6) is 0. The third-order valence-electron chi connectivity index (χ3n) is 4.82. The lowest BCUT2D eigenvalue weighted by Gasteiger charge is -2.29. The number of aromatic nitrogens is 1. The molecule has 178 valence electrons. The predicted octanol–water partition coefficient (Wildman–Crippen LogP) is 6.81. The number of rotatable bonds is 2. The Morgan fingerprint density at radius 2 is 1.52 bits per heavy atom. The van der Waals surface area contributed by atoms with Crippen LogP contribution in [0.25, 0.3) is 16.8 Å². The van der Waals surface area contributed by atoms with Crippen LogP contribution in [0.15, 0.2) is 42.5 Å². The Kier molecular flexibility index (Phi) is 6.50. The van der Waals surface area contributed by atoms with Gasteiger partial charge in [0.1, 0.15) is 5.60 Å². The van der Waals surface area contributed by atoms with Crippen molar-refractivity contribution in [3.05, 3.63) is 59.3 Å². The zero-order valence-electron chi connectivity index (χ0n) is 18.1. The van der Waals surface area contributed by atoms with Gasteiger partial charge in [-0.15, -0.1) is 0 Å². The molecule has 33 heavy (non-hydrogen) atoms. The molecule has 2 aromatic rings. The van der Waals surface area contributed by atoms with Crippen molar-refractivity contribution in [1.29, 1.82) is 0 Å². The predicted molar refractivity (Wildman–Crippen MR) is 110 cm³/mol. The molecule has 0 saturated heterocycles. The number of benzene rings is 1. The summed E-state index contributed by atoms with van der Waals surface area (Å²) in [7, 11) is 0. The number of halogens is 6. The van der Waals surface area contributed by atoms with E-state index in [2.05, 4.69) is 4.98 Å². The molecule has 4 nitrogen and oxygen atoms in total. The van der Waals surface area contributed by atoms with Crippen LogP contribution in [-0.2, 0) is 17.1 Å². The lowest BCUT2D eigenvalue weighted by Crippen LogP contribution is -2.39. The van der Waals surface area contributed by atoms with E-state index in [0.29, 0.717) is 30.8 Å². The van der Waals surface area contributed by atoms with Crippen LogP contribution in [0.4, 0.5) is 31.1 Å². The summed E-state index contributed by atoms with van der Waals surface area (Å²) >= 11 is 0. The highest BCUT2D eigenvalue weighted by Gasteiger charge is 2.37. The normalized spacial score (nSPS) is 15.3. The molecule has 0 saturated carbocycles. The smallest absolute Gasteiger partial charge is 0.416 e. The van der Waals surface area contributed by atoms with Crippen molar-refractivity contribution in [2.45, 2.75) is 45.1 Å². The summed E-state index contributed by atoms with van der Waals surface area (Å²) in [6.07, 6.45) is -8.20. The molecule has 0 bridgehead atoms. The number of carbonyl (C=O) groups excluding carboxylic acids is 1. The Morgan fingerprint density at radius 3 is 2.00 bits per heavy atom. The second-order valence-corrected chi connectivity index (χ2v) is 8.61. The van der Waals surface area contributed by atoms with Crippen molar-refractivity contribution >= 4 is 11.7 Å². The number of ether oxygens (including phenoxy) is 1. The van der Waals surface area contributed by atoms with Gasteiger partial charge >= 0.3 is 18.4 Å². The van der Waals surface area contributed by atoms with Crippen LogP contribution < -0.4 is 0 Å². The average molecular weight is 472 g/mol. The summed E-state index contributed by atoms with van der Waals surface area (Å²) in [6.45, 7) is 5.85. The maximum Gasteiger partial charge on any atom is 0.416 e. The van der Waals surface area contributed by atoms with E-state index in [1.165, 1.54) is 17.0 Å². The molecule has 2 heterocycles. The minimum Gasteiger partial charge on any atom is -0.444 e. The number of amides is 1. The number of alkyl halides is 6. The third-order valence-corrected chi connectivity index (χ3v) is 4.82. The van der Waals surface area contributed by atoms with E-state index in [1.807, 2.05) is 0 Å². The van der Waals surface area contributed by atoms with Gasteiger partial charge in [0.25, 0.3) is 0 Å². The van der Waals surface area contributed by atoms with E-state index in [4.69, 9.17) is 4.74 Å². The van der Waals surface area contributed by atoms with Crippen molar-refractivity contribution in [3.63, 3.8) is 0 Å². The van der Waals surface area contributed by atoms with E-state index in [0.717, 1.165) is 5.57 Å². The maximum absolute atomic E-state index is 13.2. The van der Waals surface area contributed by atoms with E-state index >= 15 is 0 Å². The molecular formula is C23H22F6N2O2. The van der Waals surface area contributed by atoms with Gasteiger partial charge in [-0.1, -0.05) is 12.1 Å². The average Bonchev–Trinajstić information content (AvgIpc) is 2.71. The van der Waals surface area contributed by atoms with Crippen LogP contribution in [-0.4, -0.2) is 34.7 Å². The van der Waals surface area contributed by atoms with Gasteiger partial charge < -0.3 is 9.64 Å². The Hall–Kier alpha value is -3.04. The van der Waals surface area contributed by atoms with Crippen LogP contribution in [0.2, 0.25) is 0 Å². The van der Waals surface area contributed by atoms with Crippen molar-refractivity contribution in [2.75, 3.05) is 13.1 Å². The van der Waals surface area contributed by atoms with Crippen molar-refractivity contribution in [1.82, 2.24) is 9.88 Å². The third kappa shape index (κ3) is 6.27. The minimum absolute atomic E-state index is 0.0143. The van der Waals surface area contributed by atoms with Crippen molar-refractivity contribution in [3.8, 4) is 11.3 Å². The molecular weight excluding hydrogens is 450 g/mol. The van der Waals surface area contributed by atoms with E-state index in [9.17, 15) is 31.1 Å². The molecule has 0 aliphatic carbocycles. The van der Waals surface area contributed by atoms with Gasteiger partial charge in [-0.3, -0.25) is 0 Å². The highest BCUT2D eigenvalue weighted by atomic mass is 19.4. The van der Waals surface area contributed by atoms with Crippen LogP contribution in [0.1, 0.15) is 44.0 Å². The number of hydrogen-bond acceptors (Lipinski definition) is 3. The molecule has 1 aromatic heterocycles. The number of carbonyl (C=O) groups is 1. The summed E-state index contributed by atoms with van der Waals surface area (Å²) in [5, 5.41) is 0. The fourth-order valence-electron chi connectivity index (χ4n) is 3.27. The fraction of sp³-hybridized carbons (Fsp3) is 0.391. The van der Waals surface area contributed by atoms with Gasteiger partial charge in [0.15, 0.2) is 0 Å². The second-order valence-electron chi connectivity index (χ2n) is 8.61. The van der Waals surface area contributed by atoms with Gasteiger partial charge in [0.05, 0.1) is 22.5 Å². The van der Waals surface area contributed by atoms with Crippen LogP contribution in [0.3, 0.4) is 0 Å². The van der Waals surface area contributed by atoms with E-state index < -0.39 is 35.2 Å². The Balaban J connectivity index is 1.90. The highest BCUT2D eigenvalue weighted by molar-refractivity contribution is 5.73. The Bertz CT molecular complexity index is 1040. The summed E-state index contributed by atoms with van der Waals surface area (Å²) < 4.78 is 84.5. The Morgan fingerprint density at radius 1 is 0.939 bits per heavy atom. The van der Waals surface area contributed by atoms with E-state index in [1.54, 1.807) is 32.9 Å². The first kappa shape index (κ1) is 24.6. The van der Waals surface area contributed by atoms with Gasteiger partial charge in [-0.05, 0) is 63.1 Å². The van der Waals surface area contributed by atoms with Gasteiger partial charge in [0.2, 0.25) is 0 Å². The molecule has 0 spiro atoms. The molecule has 0 atom stereocenters. The largest absolute Gasteiger partial charge is 0.444 e. The first-order valence-electron chi connectivity index (χ1n) is 10.1. The number of hydrogen-bond donors (Lipinski definition) is 0. The molecule has 10 heteroatoms. The first-order chi connectivity index (χ1) is 15.1. The molecule has 3 rings (SSSR count). The van der Waals surface area contributed by atoms with Crippen molar-refractivity contribution < 1.29 is 35.9 Å². The van der Waals surface area contributed by atoms with Crippen LogP contribution in [0.5, 0.6) is 0 Å². The molecule has 0 radical (unpaired) electrons.